The van der Waals surface area contributed by atoms with Crippen molar-refractivity contribution in [1.82, 2.24) is 0 Å². The van der Waals surface area contributed by atoms with Crippen LogP contribution in [0.3, 0.4) is 0 Å². The second-order valence-corrected chi connectivity index (χ2v) is 3.82. The highest BCUT2D eigenvalue weighted by Crippen LogP contribution is 2.11. The predicted octanol–water partition coefficient (Wildman–Crippen LogP) is 3.72. The van der Waals surface area contributed by atoms with E-state index in [2.05, 4.69) is 6.58 Å². The lowest BCUT2D eigenvalue weighted by Crippen LogP contribution is -1.98. The van der Waals surface area contributed by atoms with Crippen molar-refractivity contribution in [3.8, 4) is 0 Å². The first-order chi connectivity index (χ1) is 7.18. The van der Waals surface area contributed by atoms with Crippen LogP contribution in [0.5, 0.6) is 0 Å². The lowest BCUT2D eigenvalue weighted by Gasteiger charge is -2.01. The molecule has 0 atom stereocenters. The topological polar surface area (TPSA) is 37.3 Å². The van der Waals surface area contributed by atoms with Crippen LogP contribution in [0, 0.1) is 0 Å². The molecule has 0 aliphatic heterocycles. The molecule has 88 valence electrons. The molecule has 0 aromatic heterocycles. The monoisotopic (exact) mass is 216 g/mol. The molecule has 0 aromatic rings. The van der Waals surface area contributed by atoms with Gasteiger partial charge in [-0.2, -0.15) is 0 Å². The zero-order valence-corrected chi connectivity index (χ0v) is 9.30. The summed E-state index contributed by atoms with van der Waals surface area (Å²) >= 11 is 0. The number of rotatable bonds is 10. The second kappa shape index (κ2) is 9.69. The quantitative estimate of drug-likeness (QED) is 0.446. The van der Waals surface area contributed by atoms with Crippen molar-refractivity contribution < 1.29 is 14.3 Å². The Morgan fingerprint density at radius 1 is 1.00 bits per heavy atom. The third kappa shape index (κ3) is 9.44. The van der Waals surface area contributed by atoms with E-state index >= 15 is 0 Å². The Hall–Kier alpha value is -0.860. The van der Waals surface area contributed by atoms with Crippen LogP contribution in [0.1, 0.15) is 51.4 Å². The third-order valence-corrected chi connectivity index (χ3v) is 2.41. The summed E-state index contributed by atoms with van der Waals surface area (Å²) < 4.78 is 11.7. The van der Waals surface area contributed by atoms with Crippen LogP contribution in [0.25, 0.3) is 0 Å². The summed E-state index contributed by atoms with van der Waals surface area (Å²) in [5, 5.41) is 8.55. The molecule has 1 N–H and O–H groups in total. The van der Waals surface area contributed by atoms with Crippen molar-refractivity contribution in [2.45, 2.75) is 51.4 Å². The molecule has 0 saturated carbocycles. The van der Waals surface area contributed by atoms with Crippen LogP contribution in [0.2, 0.25) is 0 Å². The number of aliphatic carboxylic acids is 1. The summed E-state index contributed by atoms with van der Waals surface area (Å²) in [6.45, 7) is 3.26. The molecule has 0 aromatic carbocycles. The largest absolute Gasteiger partial charge is 0.478 e. The van der Waals surface area contributed by atoms with Gasteiger partial charge in [0.05, 0.1) is 6.67 Å². The van der Waals surface area contributed by atoms with E-state index in [4.69, 9.17) is 5.11 Å². The van der Waals surface area contributed by atoms with Gasteiger partial charge < -0.3 is 5.11 Å². The molecule has 0 spiro atoms. The molecule has 15 heavy (non-hydrogen) atoms. The lowest BCUT2D eigenvalue weighted by molar-refractivity contribution is -0.132. The minimum atomic E-state index is -0.891. The van der Waals surface area contributed by atoms with E-state index in [1.807, 2.05) is 0 Å². The van der Waals surface area contributed by atoms with Gasteiger partial charge in [0.15, 0.2) is 0 Å². The Labute approximate surface area is 91.2 Å². The third-order valence-electron chi connectivity index (χ3n) is 2.41. The Kier molecular flexibility index (Phi) is 9.13. The van der Waals surface area contributed by atoms with E-state index in [-0.39, 0.29) is 6.67 Å². The number of hydrogen-bond acceptors (Lipinski definition) is 1. The number of alkyl halides is 1. The van der Waals surface area contributed by atoms with Crippen LogP contribution >= 0.6 is 0 Å². The molecule has 0 aliphatic carbocycles. The molecule has 2 nitrogen and oxygen atoms in total. The fraction of sp³-hybridized carbons (Fsp3) is 0.750. The van der Waals surface area contributed by atoms with Crippen molar-refractivity contribution in [2.24, 2.45) is 0 Å². The Morgan fingerprint density at radius 2 is 1.47 bits per heavy atom. The molecule has 0 saturated heterocycles. The van der Waals surface area contributed by atoms with Crippen LogP contribution in [-0.4, -0.2) is 17.8 Å². The number of carboxylic acids is 1. The van der Waals surface area contributed by atoms with Crippen molar-refractivity contribution in [2.75, 3.05) is 6.67 Å². The average molecular weight is 216 g/mol. The van der Waals surface area contributed by atoms with Gasteiger partial charge >= 0.3 is 5.97 Å². The number of halogens is 1. The zero-order valence-electron chi connectivity index (χ0n) is 9.30. The van der Waals surface area contributed by atoms with Gasteiger partial charge in [0.2, 0.25) is 0 Å². The van der Waals surface area contributed by atoms with E-state index in [1.54, 1.807) is 0 Å². The minimum absolute atomic E-state index is 0.210. The number of hydrogen-bond donors (Lipinski definition) is 1. The molecule has 0 amide bonds. The molecule has 0 heterocycles. The summed E-state index contributed by atoms with van der Waals surface area (Å²) in [5.41, 5.74) is 0.299. The zero-order chi connectivity index (χ0) is 11.5. The van der Waals surface area contributed by atoms with Gasteiger partial charge in [-0.05, 0) is 19.3 Å². The van der Waals surface area contributed by atoms with Crippen LogP contribution in [-0.2, 0) is 4.79 Å². The fourth-order valence-corrected chi connectivity index (χ4v) is 1.42. The highest BCUT2D eigenvalue weighted by Gasteiger charge is 2.02. The van der Waals surface area contributed by atoms with Crippen LogP contribution in [0.15, 0.2) is 12.2 Å². The van der Waals surface area contributed by atoms with E-state index in [9.17, 15) is 9.18 Å². The van der Waals surface area contributed by atoms with Crippen molar-refractivity contribution >= 4 is 5.97 Å². The molecule has 0 rings (SSSR count). The molecule has 0 aliphatic rings. The standard InChI is InChI=1S/C12H21FO2/c1-11(12(14)15)9-7-5-3-2-4-6-8-10-13/h1-10H2,(H,14,15). The van der Waals surface area contributed by atoms with E-state index in [1.165, 1.54) is 0 Å². The van der Waals surface area contributed by atoms with E-state index in [0.29, 0.717) is 18.4 Å². The average Bonchev–Trinajstić information content (AvgIpc) is 2.21. The van der Waals surface area contributed by atoms with Gasteiger partial charge in [0.25, 0.3) is 0 Å². The van der Waals surface area contributed by atoms with Crippen LogP contribution in [0.4, 0.5) is 4.39 Å². The smallest absolute Gasteiger partial charge is 0.330 e. The van der Waals surface area contributed by atoms with Crippen molar-refractivity contribution in [3.05, 3.63) is 12.2 Å². The van der Waals surface area contributed by atoms with E-state index in [0.717, 1.165) is 38.5 Å². The maximum Gasteiger partial charge on any atom is 0.330 e. The Morgan fingerprint density at radius 3 is 1.93 bits per heavy atom. The Bertz CT molecular complexity index is 190. The highest BCUT2D eigenvalue weighted by molar-refractivity contribution is 5.85. The summed E-state index contributed by atoms with van der Waals surface area (Å²) in [7, 11) is 0. The molecule has 3 heteroatoms. The van der Waals surface area contributed by atoms with Gasteiger partial charge in [-0.1, -0.05) is 38.7 Å². The number of carboxylic acid groups (broad SMARTS) is 1. The highest BCUT2D eigenvalue weighted by atomic mass is 19.1. The van der Waals surface area contributed by atoms with Gasteiger partial charge in [-0.3, -0.25) is 4.39 Å². The van der Waals surface area contributed by atoms with Gasteiger partial charge in [0, 0.05) is 5.57 Å². The number of unbranched alkanes of at least 4 members (excludes halogenated alkanes) is 6. The molecular formula is C12H21FO2. The first-order valence-corrected chi connectivity index (χ1v) is 5.65. The molecule has 0 bridgehead atoms. The maximum atomic E-state index is 11.7. The van der Waals surface area contributed by atoms with Gasteiger partial charge in [0.1, 0.15) is 0 Å². The normalized spacial score (nSPS) is 10.2. The van der Waals surface area contributed by atoms with Gasteiger partial charge in [-0.25, -0.2) is 4.79 Å². The first kappa shape index (κ1) is 14.1. The SMILES string of the molecule is C=C(CCCCCCCCCF)C(=O)O. The molecular weight excluding hydrogens is 195 g/mol. The molecule has 0 unspecified atom stereocenters. The van der Waals surface area contributed by atoms with Crippen LogP contribution < -0.4 is 0 Å². The van der Waals surface area contributed by atoms with E-state index < -0.39 is 5.97 Å². The molecule has 0 radical (unpaired) electrons. The summed E-state index contributed by atoms with van der Waals surface area (Å²) in [5.74, 6) is -0.891. The second-order valence-electron chi connectivity index (χ2n) is 3.82. The lowest BCUT2D eigenvalue weighted by atomic mass is 10.1. The molecule has 0 fully saturated rings. The first-order valence-electron chi connectivity index (χ1n) is 5.65. The summed E-state index contributed by atoms with van der Waals surface area (Å²) in [4.78, 5) is 10.4. The van der Waals surface area contributed by atoms with Crippen molar-refractivity contribution in [1.29, 1.82) is 0 Å². The number of carbonyl (C=O) groups is 1. The van der Waals surface area contributed by atoms with Gasteiger partial charge in [-0.15, -0.1) is 0 Å². The summed E-state index contributed by atoms with van der Waals surface area (Å²) in [6.07, 6.45) is 7.49. The Balaban J connectivity index is 3.11. The maximum absolute atomic E-state index is 11.7. The van der Waals surface area contributed by atoms with Crippen molar-refractivity contribution in [3.63, 3.8) is 0 Å². The predicted molar refractivity (Wildman–Crippen MR) is 59.7 cm³/mol. The fourth-order valence-electron chi connectivity index (χ4n) is 1.42. The summed E-state index contributed by atoms with van der Waals surface area (Å²) in [6, 6.07) is 0. The minimum Gasteiger partial charge on any atom is -0.478 e.